The number of amides is 2. The van der Waals surface area contributed by atoms with E-state index >= 15 is 0 Å². The van der Waals surface area contributed by atoms with Crippen molar-refractivity contribution in [2.45, 2.75) is 44.2 Å². The summed E-state index contributed by atoms with van der Waals surface area (Å²) in [6, 6.07) is 7.99. The first-order chi connectivity index (χ1) is 15.8. The minimum absolute atomic E-state index is 0.105. The van der Waals surface area contributed by atoms with Gasteiger partial charge >= 0.3 is 6.03 Å². The van der Waals surface area contributed by atoms with E-state index in [1.54, 1.807) is 58.0 Å². The molecule has 0 saturated carbocycles. The van der Waals surface area contributed by atoms with Gasteiger partial charge in [-0.2, -0.15) is 0 Å². The molecule has 4 N–H and O–H groups in total. The number of sulfone groups is 1. The van der Waals surface area contributed by atoms with Crippen LogP contribution in [0.1, 0.15) is 33.4 Å². The first-order valence-electron chi connectivity index (χ1n) is 11.1. The molecule has 2 rings (SSSR count). The lowest BCUT2D eigenvalue weighted by atomic mass is 10.2. The van der Waals surface area contributed by atoms with Crippen LogP contribution in [0.3, 0.4) is 0 Å². The molecule has 2 amide bonds. The fourth-order valence-electron chi connectivity index (χ4n) is 2.75. The van der Waals surface area contributed by atoms with Gasteiger partial charge in [-0.3, -0.25) is 0 Å². The molecular weight excluding hydrogens is 456 g/mol. The summed E-state index contributed by atoms with van der Waals surface area (Å²) in [7, 11) is 0.401. The molecule has 1 atom stereocenters. The van der Waals surface area contributed by atoms with Crippen molar-refractivity contribution < 1.29 is 18.3 Å². The monoisotopic (exact) mass is 492 g/mol. The fourth-order valence-corrected chi connectivity index (χ4v) is 3.72. The van der Waals surface area contributed by atoms with Crippen LogP contribution >= 0.6 is 0 Å². The van der Waals surface area contributed by atoms with Crippen LogP contribution in [0.5, 0.6) is 0 Å². The summed E-state index contributed by atoms with van der Waals surface area (Å²) in [6.45, 7) is 7.90. The molecule has 0 spiro atoms. The molecule has 0 bridgehead atoms. The molecule has 2 aromatic rings. The zero-order valence-electron chi connectivity index (χ0n) is 20.7. The summed E-state index contributed by atoms with van der Waals surface area (Å²) >= 11 is 0. The predicted molar refractivity (Wildman–Crippen MR) is 136 cm³/mol. The maximum Gasteiger partial charge on any atom is 0.319 e. The number of hydrogen-bond donors (Lipinski definition) is 4. The van der Waals surface area contributed by atoms with E-state index in [4.69, 9.17) is 0 Å². The predicted octanol–water partition coefficient (Wildman–Crippen LogP) is 2.33. The Hall–Kier alpha value is -2.76. The van der Waals surface area contributed by atoms with Crippen molar-refractivity contribution in [3.8, 4) is 11.4 Å². The zero-order valence-corrected chi connectivity index (χ0v) is 21.5. The highest BCUT2D eigenvalue weighted by molar-refractivity contribution is 7.91. The summed E-state index contributed by atoms with van der Waals surface area (Å²) in [5.74, 6) is 0.533. The molecule has 0 aliphatic heterocycles. The second-order valence-electron chi connectivity index (χ2n) is 9.43. The average molecular weight is 493 g/mol. The number of carbonyl (C=O) groups excluding carboxylic acids is 1. The summed E-state index contributed by atoms with van der Waals surface area (Å²) in [5, 5.41) is 18.0. The molecule has 1 heterocycles. The van der Waals surface area contributed by atoms with Crippen molar-refractivity contribution in [3.05, 3.63) is 36.0 Å². The van der Waals surface area contributed by atoms with Crippen molar-refractivity contribution in [2.75, 3.05) is 44.4 Å². The van der Waals surface area contributed by atoms with Gasteiger partial charge in [-0.1, -0.05) is 0 Å². The van der Waals surface area contributed by atoms with E-state index in [0.717, 1.165) is 6.54 Å². The highest BCUT2D eigenvalue weighted by Crippen LogP contribution is 2.24. The van der Waals surface area contributed by atoms with Crippen LogP contribution in [-0.2, 0) is 15.6 Å². The molecule has 0 unspecified atom stereocenters. The van der Waals surface area contributed by atoms with Gasteiger partial charge in [0, 0.05) is 36.4 Å². The van der Waals surface area contributed by atoms with Gasteiger partial charge in [0.1, 0.15) is 5.82 Å². The Bertz CT molecular complexity index is 1070. The molecule has 0 saturated heterocycles. The minimum Gasteiger partial charge on any atom is -0.394 e. The Kier molecular flexibility index (Phi) is 9.37. The molecule has 34 heavy (non-hydrogen) atoms. The number of likely N-dealkylation sites (N-methyl/N-ethyl adjacent to an activating group) is 1. The number of hydrogen-bond acceptors (Lipinski definition) is 8. The lowest BCUT2D eigenvalue weighted by Crippen LogP contribution is -2.34. The molecule has 0 fully saturated rings. The number of urea groups is 1. The largest absolute Gasteiger partial charge is 0.394 e. The quantitative estimate of drug-likeness (QED) is 0.397. The topological polar surface area (TPSA) is 137 Å². The minimum atomic E-state index is -3.46. The third kappa shape index (κ3) is 8.23. The average Bonchev–Trinajstić information content (AvgIpc) is 2.72. The van der Waals surface area contributed by atoms with Crippen LogP contribution in [0.15, 0.2) is 30.3 Å². The second-order valence-corrected chi connectivity index (χ2v) is 12.2. The SMILES string of the molecule is C[C@@H](CO)Nc1cc(CS(=O)(=O)C(C)(C)C)nc(-c2ccc(NC(=O)NCCN(C)C)cc2)n1. The van der Waals surface area contributed by atoms with E-state index in [9.17, 15) is 18.3 Å². The highest BCUT2D eigenvalue weighted by atomic mass is 32.2. The van der Waals surface area contributed by atoms with Gasteiger partial charge in [0.15, 0.2) is 15.7 Å². The number of aliphatic hydroxyl groups is 1. The fraction of sp³-hybridized carbons (Fsp3) is 0.522. The van der Waals surface area contributed by atoms with E-state index < -0.39 is 14.6 Å². The number of aromatic nitrogens is 2. The Balaban J connectivity index is 2.27. The lowest BCUT2D eigenvalue weighted by molar-refractivity contribution is 0.250. The number of nitrogens with one attached hydrogen (secondary N) is 3. The van der Waals surface area contributed by atoms with E-state index in [2.05, 4.69) is 25.9 Å². The first-order valence-corrected chi connectivity index (χ1v) is 12.7. The van der Waals surface area contributed by atoms with Crippen LogP contribution in [-0.4, -0.2) is 79.0 Å². The van der Waals surface area contributed by atoms with Crippen molar-refractivity contribution in [3.63, 3.8) is 0 Å². The van der Waals surface area contributed by atoms with E-state index in [-0.39, 0.29) is 24.4 Å². The molecule has 1 aromatic carbocycles. The zero-order chi connectivity index (χ0) is 25.5. The molecule has 0 aliphatic rings. The number of aliphatic hydroxyl groups excluding tert-OH is 1. The van der Waals surface area contributed by atoms with Gasteiger partial charge < -0.3 is 26.0 Å². The Morgan fingerprint density at radius 3 is 2.35 bits per heavy atom. The number of nitrogens with zero attached hydrogens (tertiary/aromatic N) is 3. The second kappa shape index (κ2) is 11.6. The third-order valence-electron chi connectivity index (χ3n) is 4.96. The van der Waals surface area contributed by atoms with Crippen molar-refractivity contribution in [2.24, 2.45) is 0 Å². The summed E-state index contributed by atoms with van der Waals surface area (Å²) < 4.78 is 24.6. The highest BCUT2D eigenvalue weighted by Gasteiger charge is 2.30. The third-order valence-corrected chi connectivity index (χ3v) is 7.51. The summed E-state index contributed by atoms with van der Waals surface area (Å²) in [6.07, 6.45) is 0. The van der Waals surface area contributed by atoms with Crippen LogP contribution in [0.2, 0.25) is 0 Å². The van der Waals surface area contributed by atoms with Crippen LogP contribution < -0.4 is 16.0 Å². The molecule has 188 valence electrons. The summed E-state index contributed by atoms with van der Waals surface area (Å²) in [4.78, 5) is 23.0. The van der Waals surface area contributed by atoms with E-state index in [1.807, 2.05) is 19.0 Å². The van der Waals surface area contributed by atoms with Gasteiger partial charge in [0.05, 0.1) is 22.8 Å². The van der Waals surface area contributed by atoms with Crippen molar-refractivity contribution in [1.29, 1.82) is 0 Å². The molecule has 1 aromatic heterocycles. The molecule has 0 radical (unpaired) electrons. The Morgan fingerprint density at radius 1 is 1.15 bits per heavy atom. The van der Waals surface area contributed by atoms with Crippen LogP contribution in [0.25, 0.3) is 11.4 Å². The number of carbonyl (C=O) groups is 1. The van der Waals surface area contributed by atoms with Crippen LogP contribution in [0, 0.1) is 0 Å². The molecular formula is C23H36N6O4S. The standard InChI is InChI=1S/C23H36N6O4S/c1-16(14-30)25-20-13-19(15-34(32,33)23(2,3)4)26-21(28-20)17-7-9-18(10-8-17)27-22(31)24-11-12-29(5)6/h7-10,13,16,30H,11-12,14-15H2,1-6H3,(H2,24,27,31)(H,25,26,28)/t16-/m0/s1. The number of anilines is 2. The smallest absolute Gasteiger partial charge is 0.319 e. The Labute approximate surface area is 202 Å². The molecule has 0 aliphatic carbocycles. The van der Waals surface area contributed by atoms with Gasteiger partial charge in [0.25, 0.3) is 0 Å². The molecule has 10 nitrogen and oxygen atoms in total. The van der Waals surface area contributed by atoms with Gasteiger partial charge in [-0.15, -0.1) is 0 Å². The lowest BCUT2D eigenvalue weighted by Gasteiger charge is -2.20. The first kappa shape index (κ1) is 27.5. The van der Waals surface area contributed by atoms with E-state index in [0.29, 0.717) is 35.1 Å². The number of benzene rings is 1. The maximum atomic E-state index is 12.7. The van der Waals surface area contributed by atoms with Gasteiger partial charge in [0.2, 0.25) is 0 Å². The van der Waals surface area contributed by atoms with Gasteiger partial charge in [-0.05, 0) is 66.1 Å². The normalized spacial score (nSPS) is 12.9. The Morgan fingerprint density at radius 2 is 1.79 bits per heavy atom. The molecule has 11 heteroatoms. The van der Waals surface area contributed by atoms with E-state index in [1.165, 1.54) is 0 Å². The number of rotatable bonds is 10. The summed E-state index contributed by atoms with van der Waals surface area (Å²) in [5.41, 5.74) is 1.62. The maximum absolute atomic E-state index is 12.7. The van der Waals surface area contributed by atoms with Crippen molar-refractivity contribution >= 4 is 27.4 Å². The van der Waals surface area contributed by atoms with Crippen LogP contribution in [0.4, 0.5) is 16.3 Å². The van der Waals surface area contributed by atoms with Crippen molar-refractivity contribution in [1.82, 2.24) is 20.2 Å². The van der Waals surface area contributed by atoms with Gasteiger partial charge in [-0.25, -0.2) is 23.2 Å².